The van der Waals surface area contributed by atoms with E-state index in [1.54, 1.807) is 23.6 Å². The first-order valence-corrected chi connectivity index (χ1v) is 9.74. The topological polar surface area (TPSA) is 58.2 Å². The molecule has 0 radical (unpaired) electrons. The number of rotatable bonds is 7. The summed E-state index contributed by atoms with van der Waals surface area (Å²) in [6, 6.07) is 9.12. The fraction of sp³-hybridized carbons (Fsp3) is 0.286. The van der Waals surface area contributed by atoms with Crippen LogP contribution in [0.3, 0.4) is 0 Å². The predicted octanol–water partition coefficient (Wildman–Crippen LogP) is 3.81. The van der Waals surface area contributed by atoms with Crippen LogP contribution in [0.15, 0.2) is 44.4 Å². The molecule has 0 atom stereocenters. The lowest BCUT2D eigenvalue weighted by Crippen LogP contribution is -2.14. The third-order valence-corrected chi connectivity index (χ3v) is 6.84. The monoisotopic (exact) mass is 388 g/mol. The summed E-state index contributed by atoms with van der Waals surface area (Å²) in [5.74, 6) is 0. The first-order valence-electron chi connectivity index (χ1n) is 6.58. The number of hydrogen-bond acceptors (Lipinski definition) is 4. The summed E-state index contributed by atoms with van der Waals surface area (Å²) in [6.45, 7) is 3.88. The second-order valence-corrected chi connectivity index (χ2v) is 8.18. The van der Waals surface area contributed by atoms with Crippen molar-refractivity contribution in [3.63, 3.8) is 0 Å². The minimum atomic E-state index is -3.53. The van der Waals surface area contributed by atoms with E-state index in [4.69, 9.17) is 0 Å². The van der Waals surface area contributed by atoms with Crippen molar-refractivity contribution in [2.75, 3.05) is 11.3 Å². The number of sulfonamides is 1. The lowest BCUT2D eigenvalue weighted by atomic mass is 10.2. The van der Waals surface area contributed by atoms with Crippen molar-refractivity contribution in [2.45, 2.75) is 24.1 Å². The number of thiophene rings is 1. The van der Waals surface area contributed by atoms with Gasteiger partial charge in [0.1, 0.15) is 0 Å². The zero-order chi connectivity index (χ0) is 15.3. The van der Waals surface area contributed by atoms with Crippen LogP contribution >= 0.6 is 27.3 Å². The minimum Gasteiger partial charge on any atom is -0.313 e. The average Bonchev–Trinajstić information content (AvgIpc) is 2.88. The number of anilines is 1. The van der Waals surface area contributed by atoms with E-state index in [-0.39, 0.29) is 4.21 Å². The SMILES string of the molecule is CCCNCc1ccc(NS(=O)(=O)c2sccc2Br)cc1. The molecule has 0 unspecified atom stereocenters. The summed E-state index contributed by atoms with van der Waals surface area (Å²) >= 11 is 4.43. The van der Waals surface area contributed by atoms with Gasteiger partial charge in [0, 0.05) is 16.7 Å². The Morgan fingerprint density at radius 1 is 1.19 bits per heavy atom. The van der Waals surface area contributed by atoms with Gasteiger partial charge in [0.15, 0.2) is 4.21 Å². The van der Waals surface area contributed by atoms with Crippen LogP contribution in [0.2, 0.25) is 0 Å². The van der Waals surface area contributed by atoms with E-state index in [9.17, 15) is 8.42 Å². The van der Waals surface area contributed by atoms with Gasteiger partial charge in [0.05, 0.1) is 0 Å². The van der Waals surface area contributed by atoms with Gasteiger partial charge in [0.25, 0.3) is 10.0 Å². The molecule has 0 aliphatic carbocycles. The molecule has 0 saturated heterocycles. The molecule has 0 bridgehead atoms. The number of benzene rings is 1. The van der Waals surface area contributed by atoms with Gasteiger partial charge < -0.3 is 5.32 Å². The van der Waals surface area contributed by atoms with Crippen LogP contribution in [0.25, 0.3) is 0 Å². The molecule has 1 aromatic carbocycles. The zero-order valence-corrected chi connectivity index (χ0v) is 14.8. The first-order chi connectivity index (χ1) is 10.0. The fourth-order valence-corrected chi connectivity index (χ4v) is 5.17. The van der Waals surface area contributed by atoms with E-state index in [1.807, 2.05) is 12.1 Å². The highest BCUT2D eigenvalue weighted by molar-refractivity contribution is 9.10. The highest BCUT2D eigenvalue weighted by atomic mass is 79.9. The maximum atomic E-state index is 12.2. The molecule has 114 valence electrons. The highest BCUT2D eigenvalue weighted by Crippen LogP contribution is 2.29. The molecule has 0 aliphatic heterocycles. The summed E-state index contributed by atoms with van der Waals surface area (Å²) in [5.41, 5.74) is 1.69. The molecule has 2 N–H and O–H groups in total. The summed E-state index contributed by atoms with van der Waals surface area (Å²) in [7, 11) is -3.53. The zero-order valence-electron chi connectivity index (χ0n) is 11.6. The van der Waals surface area contributed by atoms with Crippen molar-refractivity contribution < 1.29 is 8.42 Å². The molecule has 7 heteroatoms. The third kappa shape index (κ3) is 4.54. The van der Waals surface area contributed by atoms with E-state index < -0.39 is 10.0 Å². The van der Waals surface area contributed by atoms with Crippen LogP contribution in [0, 0.1) is 0 Å². The van der Waals surface area contributed by atoms with Gasteiger partial charge in [-0.15, -0.1) is 11.3 Å². The molecule has 0 saturated carbocycles. The van der Waals surface area contributed by atoms with Gasteiger partial charge in [-0.2, -0.15) is 0 Å². The second-order valence-electron chi connectivity index (χ2n) is 4.54. The molecule has 1 heterocycles. The highest BCUT2D eigenvalue weighted by Gasteiger charge is 2.19. The molecular weight excluding hydrogens is 372 g/mol. The fourth-order valence-electron chi connectivity index (χ4n) is 1.77. The number of halogens is 1. The molecular formula is C14H17BrN2O2S2. The molecule has 0 fully saturated rings. The summed E-state index contributed by atoms with van der Waals surface area (Å²) in [5, 5.41) is 5.04. The van der Waals surface area contributed by atoms with Gasteiger partial charge in [0.2, 0.25) is 0 Å². The molecule has 0 aliphatic rings. The van der Waals surface area contributed by atoms with E-state index >= 15 is 0 Å². The Morgan fingerprint density at radius 3 is 2.48 bits per heavy atom. The summed E-state index contributed by atoms with van der Waals surface area (Å²) in [4.78, 5) is 0. The van der Waals surface area contributed by atoms with Crippen molar-refractivity contribution in [1.29, 1.82) is 0 Å². The minimum absolute atomic E-state index is 0.288. The van der Waals surface area contributed by atoms with Crippen LogP contribution in [-0.4, -0.2) is 15.0 Å². The predicted molar refractivity (Wildman–Crippen MR) is 91.3 cm³/mol. The molecule has 2 aromatic rings. The normalized spacial score (nSPS) is 11.5. The van der Waals surface area contributed by atoms with Crippen molar-refractivity contribution in [3.8, 4) is 0 Å². The van der Waals surface area contributed by atoms with Crippen LogP contribution in [-0.2, 0) is 16.6 Å². The third-order valence-electron chi connectivity index (χ3n) is 2.79. The Hall–Kier alpha value is -0.890. The summed E-state index contributed by atoms with van der Waals surface area (Å²) in [6.07, 6.45) is 1.09. The van der Waals surface area contributed by atoms with Crippen LogP contribution in [0.5, 0.6) is 0 Å². The maximum Gasteiger partial charge on any atom is 0.272 e. The Morgan fingerprint density at radius 2 is 1.90 bits per heavy atom. The van der Waals surface area contributed by atoms with Gasteiger partial charge in [-0.05, 0) is 58.0 Å². The van der Waals surface area contributed by atoms with Gasteiger partial charge in [-0.3, -0.25) is 4.72 Å². The lowest BCUT2D eigenvalue weighted by Gasteiger charge is -2.08. The average molecular weight is 389 g/mol. The van der Waals surface area contributed by atoms with Crippen molar-refractivity contribution >= 4 is 43.0 Å². The quantitative estimate of drug-likeness (QED) is 0.708. The van der Waals surface area contributed by atoms with Crippen molar-refractivity contribution in [1.82, 2.24) is 5.32 Å². The van der Waals surface area contributed by atoms with Crippen LogP contribution < -0.4 is 10.0 Å². The van der Waals surface area contributed by atoms with E-state index in [0.717, 1.165) is 25.1 Å². The standard InChI is InChI=1S/C14H17BrN2O2S2/c1-2-8-16-10-11-3-5-12(6-4-11)17-21(18,19)14-13(15)7-9-20-14/h3-7,9,16-17H,2,8,10H2,1H3. The van der Waals surface area contributed by atoms with E-state index in [2.05, 4.69) is 32.9 Å². The smallest absolute Gasteiger partial charge is 0.272 e. The first kappa shape index (κ1) is 16.5. The summed E-state index contributed by atoms with van der Waals surface area (Å²) < 4.78 is 27.9. The Bertz CT molecular complexity index is 681. The Labute approximate surface area is 137 Å². The molecule has 2 rings (SSSR count). The number of nitrogens with one attached hydrogen (secondary N) is 2. The van der Waals surface area contributed by atoms with Crippen molar-refractivity contribution in [3.05, 3.63) is 45.7 Å². The molecule has 4 nitrogen and oxygen atoms in total. The molecule has 0 spiro atoms. The maximum absolute atomic E-state index is 12.2. The Kier molecular flexibility index (Phi) is 5.80. The largest absolute Gasteiger partial charge is 0.313 e. The van der Waals surface area contributed by atoms with Gasteiger partial charge >= 0.3 is 0 Å². The van der Waals surface area contributed by atoms with Gasteiger partial charge in [-0.1, -0.05) is 19.1 Å². The lowest BCUT2D eigenvalue weighted by molar-refractivity contribution is 0.603. The molecule has 21 heavy (non-hydrogen) atoms. The van der Waals surface area contributed by atoms with Crippen molar-refractivity contribution in [2.24, 2.45) is 0 Å². The number of hydrogen-bond donors (Lipinski definition) is 2. The van der Waals surface area contributed by atoms with Crippen LogP contribution in [0.4, 0.5) is 5.69 Å². The molecule has 1 aromatic heterocycles. The Balaban J connectivity index is 2.05. The van der Waals surface area contributed by atoms with Gasteiger partial charge in [-0.25, -0.2) is 8.42 Å². The van der Waals surface area contributed by atoms with Crippen LogP contribution in [0.1, 0.15) is 18.9 Å². The van der Waals surface area contributed by atoms with E-state index in [0.29, 0.717) is 10.2 Å². The second kappa shape index (κ2) is 7.40. The molecule has 0 amide bonds. The van der Waals surface area contributed by atoms with E-state index in [1.165, 1.54) is 11.3 Å².